The Morgan fingerprint density at radius 3 is 2.89 bits per heavy atom. The van der Waals surface area contributed by atoms with E-state index < -0.39 is 0 Å². The smallest absolute Gasteiger partial charge is 0.263 e. The fraction of sp³-hybridized carbons (Fsp3) is 0.643. The Hall–Kier alpha value is -0.870. The van der Waals surface area contributed by atoms with Crippen LogP contribution in [0, 0.1) is 12.8 Å². The van der Waals surface area contributed by atoms with E-state index >= 15 is 0 Å². The van der Waals surface area contributed by atoms with Crippen LogP contribution in [-0.2, 0) is 6.42 Å². The van der Waals surface area contributed by atoms with Crippen molar-refractivity contribution < 1.29 is 9.90 Å². The Kier molecular flexibility index (Phi) is 4.07. The van der Waals surface area contributed by atoms with Crippen molar-refractivity contribution >= 4 is 17.2 Å². The number of carbonyl (C=O) groups is 1. The summed E-state index contributed by atoms with van der Waals surface area (Å²) >= 11 is 1.61. The van der Waals surface area contributed by atoms with Gasteiger partial charge in [-0.1, -0.05) is 6.92 Å². The Bertz CT molecular complexity index is 439. The average Bonchev–Trinajstić information content (AvgIpc) is 2.94. The number of hydrogen-bond donors (Lipinski definition) is 1. The molecule has 1 N–H and O–H groups in total. The summed E-state index contributed by atoms with van der Waals surface area (Å²) in [5.74, 6) is 0.367. The summed E-state index contributed by atoms with van der Waals surface area (Å²) < 4.78 is 0. The van der Waals surface area contributed by atoms with Crippen LogP contribution in [0.25, 0.3) is 0 Å². The molecule has 2 heterocycles. The largest absolute Gasteiger partial charge is 0.393 e. The first kappa shape index (κ1) is 13.6. The minimum Gasteiger partial charge on any atom is -0.393 e. The zero-order chi connectivity index (χ0) is 13.3. The molecule has 4 heteroatoms. The number of aliphatic hydroxyl groups excluding tert-OH is 1. The zero-order valence-corrected chi connectivity index (χ0v) is 12.1. The number of carbonyl (C=O) groups excluding carboxylic acids is 1. The highest BCUT2D eigenvalue weighted by Crippen LogP contribution is 2.27. The standard InChI is InChI=1S/C14H21NO2S/c1-4-12-9(2)7-13(18-12)14(17)15-6-5-11(8-15)10(3)16/h7,10-11,16H,4-6,8H2,1-3H3. The third-order valence-corrected chi connectivity index (χ3v) is 5.12. The Morgan fingerprint density at radius 2 is 2.39 bits per heavy atom. The molecule has 3 nitrogen and oxygen atoms in total. The summed E-state index contributed by atoms with van der Waals surface area (Å²) in [5, 5.41) is 9.57. The molecule has 1 aromatic heterocycles. The Balaban J connectivity index is 2.08. The van der Waals surface area contributed by atoms with Gasteiger partial charge in [-0.25, -0.2) is 0 Å². The molecule has 1 amide bonds. The fourth-order valence-corrected chi connectivity index (χ4v) is 3.58. The fourth-order valence-electron chi connectivity index (χ4n) is 2.50. The highest BCUT2D eigenvalue weighted by molar-refractivity contribution is 7.14. The van der Waals surface area contributed by atoms with Crippen LogP contribution in [0.5, 0.6) is 0 Å². The van der Waals surface area contributed by atoms with E-state index in [-0.39, 0.29) is 17.9 Å². The monoisotopic (exact) mass is 267 g/mol. The van der Waals surface area contributed by atoms with E-state index in [0.29, 0.717) is 6.54 Å². The zero-order valence-electron chi connectivity index (χ0n) is 11.3. The quantitative estimate of drug-likeness (QED) is 0.914. The molecule has 1 fully saturated rings. The van der Waals surface area contributed by atoms with Crippen molar-refractivity contribution in [3.63, 3.8) is 0 Å². The molecule has 0 radical (unpaired) electrons. The number of thiophene rings is 1. The maximum atomic E-state index is 12.4. The lowest BCUT2D eigenvalue weighted by Gasteiger charge is -2.16. The van der Waals surface area contributed by atoms with E-state index in [4.69, 9.17) is 0 Å². The number of amides is 1. The van der Waals surface area contributed by atoms with Crippen molar-refractivity contribution in [3.05, 3.63) is 21.4 Å². The van der Waals surface area contributed by atoms with Gasteiger partial charge in [-0.05, 0) is 38.3 Å². The van der Waals surface area contributed by atoms with Crippen LogP contribution in [0.2, 0.25) is 0 Å². The number of likely N-dealkylation sites (tertiary alicyclic amines) is 1. The second-order valence-electron chi connectivity index (χ2n) is 5.11. The first-order chi connectivity index (χ1) is 8.52. The molecule has 1 aromatic rings. The van der Waals surface area contributed by atoms with Crippen LogP contribution < -0.4 is 0 Å². The summed E-state index contributed by atoms with van der Waals surface area (Å²) in [4.78, 5) is 16.4. The maximum Gasteiger partial charge on any atom is 0.263 e. The third-order valence-electron chi connectivity index (χ3n) is 3.75. The van der Waals surface area contributed by atoms with E-state index in [1.807, 2.05) is 17.9 Å². The highest BCUT2D eigenvalue weighted by atomic mass is 32.1. The normalized spacial score (nSPS) is 21.3. The molecule has 0 bridgehead atoms. The molecule has 18 heavy (non-hydrogen) atoms. The van der Waals surface area contributed by atoms with Gasteiger partial charge in [0.2, 0.25) is 0 Å². The predicted octanol–water partition coefficient (Wildman–Crippen LogP) is 2.46. The summed E-state index contributed by atoms with van der Waals surface area (Å²) in [6, 6.07) is 2.00. The number of aliphatic hydroxyl groups is 1. The van der Waals surface area contributed by atoms with Crippen LogP contribution in [0.4, 0.5) is 0 Å². The van der Waals surface area contributed by atoms with Gasteiger partial charge in [0.15, 0.2) is 0 Å². The van der Waals surface area contributed by atoms with E-state index in [1.165, 1.54) is 10.4 Å². The first-order valence-corrected chi connectivity index (χ1v) is 7.41. The molecular weight excluding hydrogens is 246 g/mol. The molecule has 1 saturated heterocycles. The van der Waals surface area contributed by atoms with Gasteiger partial charge in [-0.15, -0.1) is 11.3 Å². The number of aryl methyl sites for hydroxylation is 2. The van der Waals surface area contributed by atoms with Crippen LogP contribution in [-0.4, -0.2) is 35.1 Å². The van der Waals surface area contributed by atoms with Gasteiger partial charge < -0.3 is 10.0 Å². The van der Waals surface area contributed by atoms with Crippen LogP contribution in [0.15, 0.2) is 6.07 Å². The molecule has 1 aliphatic heterocycles. The SMILES string of the molecule is CCc1sc(C(=O)N2CCC(C(C)O)C2)cc1C. The average molecular weight is 267 g/mol. The molecule has 2 rings (SSSR count). The summed E-state index contributed by atoms with van der Waals surface area (Å²) in [6.45, 7) is 7.45. The van der Waals surface area contributed by atoms with Crippen LogP contribution in [0.1, 0.15) is 40.4 Å². The molecule has 2 unspecified atom stereocenters. The first-order valence-electron chi connectivity index (χ1n) is 6.59. The number of hydrogen-bond acceptors (Lipinski definition) is 3. The van der Waals surface area contributed by atoms with Crippen molar-refractivity contribution in [3.8, 4) is 0 Å². The van der Waals surface area contributed by atoms with Gasteiger partial charge in [0.05, 0.1) is 11.0 Å². The summed E-state index contributed by atoms with van der Waals surface area (Å²) in [7, 11) is 0. The van der Waals surface area contributed by atoms with Gasteiger partial charge >= 0.3 is 0 Å². The van der Waals surface area contributed by atoms with Crippen molar-refractivity contribution in [2.24, 2.45) is 5.92 Å². The molecular formula is C14H21NO2S. The predicted molar refractivity (Wildman–Crippen MR) is 74.1 cm³/mol. The van der Waals surface area contributed by atoms with Crippen LogP contribution >= 0.6 is 11.3 Å². The molecule has 0 spiro atoms. The molecule has 1 aliphatic rings. The van der Waals surface area contributed by atoms with E-state index in [2.05, 4.69) is 13.8 Å². The molecule has 0 aliphatic carbocycles. The van der Waals surface area contributed by atoms with Gasteiger partial charge in [-0.2, -0.15) is 0 Å². The highest BCUT2D eigenvalue weighted by Gasteiger charge is 2.30. The van der Waals surface area contributed by atoms with E-state index in [0.717, 1.165) is 24.3 Å². The lowest BCUT2D eigenvalue weighted by Crippen LogP contribution is -2.29. The topological polar surface area (TPSA) is 40.5 Å². The minimum absolute atomic E-state index is 0.131. The lowest BCUT2D eigenvalue weighted by molar-refractivity contribution is 0.0767. The van der Waals surface area contributed by atoms with E-state index in [9.17, 15) is 9.90 Å². The van der Waals surface area contributed by atoms with Crippen molar-refractivity contribution in [2.75, 3.05) is 13.1 Å². The van der Waals surface area contributed by atoms with Gasteiger partial charge in [-0.3, -0.25) is 4.79 Å². The van der Waals surface area contributed by atoms with Gasteiger partial charge in [0.1, 0.15) is 0 Å². The van der Waals surface area contributed by atoms with Crippen molar-refractivity contribution in [1.82, 2.24) is 4.90 Å². The second kappa shape index (κ2) is 5.41. The third kappa shape index (κ3) is 2.59. The van der Waals surface area contributed by atoms with Crippen molar-refractivity contribution in [2.45, 2.75) is 39.7 Å². The molecule has 0 aromatic carbocycles. The lowest BCUT2D eigenvalue weighted by atomic mass is 10.0. The van der Waals surface area contributed by atoms with Crippen LogP contribution in [0.3, 0.4) is 0 Å². The Labute approximate surface area is 112 Å². The van der Waals surface area contributed by atoms with E-state index in [1.54, 1.807) is 11.3 Å². The van der Waals surface area contributed by atoms with Gasteiger partial charge in [0.25, 0.3) is 5.91 Å². The number of nitrogens with zero attached hydrogens (tertiary/aromatic N) is 1. The molecule has 100 valence electrons. The van der Waals surface area contributed by atoms with Gasteiger partial charge in [0, 0.05) is 23.9 Å². The minimum atomic E-state index is -0.320. The Morgan fingerprint density at radius 1 is 1.67 bits per heavy atom. The summed E-state index contributed by atoms with van der Waals surface area (Å²) in [6.07, 6.45) is 1.58. The number of rotatable bonds is 3. The molecule has 0 saturated carbocycles. The summed E-state index contributed by atoms with van der Waals surface area (Å²) in [5.41, 5.74) is 1.22. The maximum absolute atomic E-state index is 12.4. The molecule has 2 atom stereocenters. The second-order valence-corrected chi connectivity index (χ2v) is 6.25. The van der Waals surface area contributed by atoms with Crippen molar-refractivity contribution in [1.29, 1.82) is 0 Å².